The van der Waals surface area contributed by atoms with E-state index in [0.717, 1.165) is 0 Å². The van der Waals surface area contributed by atoms with Crippen LogP contribution in [0.4, 0.5) is 4.39 Å². The van der Waals surface area contributed by atoms with Crippen molar-refractivity contribution in [2.24, 2.45) is 5.73 Å². The number of amides is 1. The maximum absolute atomic E-state index is 12.8. The van der Waals surface area contributed by atoms with Gasteiger partial charge in [0.2, 0.25) is 5.91 Å². The first-order chi connectivity index (χ1) is 9.51. The van der Waals surface area contributed by atoms with Crippen LogP contribution in [-0.2, 0) is 9.53 Å². The predicted molar refractivity (Wildman–Crippen MR) is 78.6 cm³/mol. The molecular weight excluding hydrogens is 299 g/mol. The number of hydrogen-bond donors (Lipinski definition) is 3. The lowest BCUT2D eigenvalue weighted by Gasteiger charge is -2.32. The number of benzene rings is 1. The monoisotopic (exact) mass is 318 g/mol. The molecule has 0 spiro atoms. The smallest absolute Gasteiger partial charge is 0.240 e. The fraction of sp³-hybridized carbons (Fsp3) is 0.500. The zero-order chi connectivity index (χ0) is 14.6. The van der Waals surface area contributed by atoms with Crippen molar-refractivity contribution >= 4 is 18.3 Å². The van der Waals surface area contributed by atoms with Crippen molar-refractivity contribution in [3.05, 3.63) is 35.6 Å². The highest BCUT2D eigenvalue weighted by Crippen LogP contribution is 2.18. The molecule has 1 atom stereocenters. The molecule has 118 valence electrons. The molecule has 4 N–H and O–H groups in total. The van der Waals surface area contributed by atoms with Gasteiger partial charge in [0.15, 0.2) is 0 Å². The van der Waals surface area contributed by atoms with E-state index in [2.05, 4.69) is 5.32 Å². The van der Waals surface area contributed by atoms with Gasteiger partial charge >= 0.3 is 0 Å². The van der Waals surface area contributed by atoms with Crippen LogP contribution < -0.4 is 11.1 Å². The standard InChI is InChI=1S/C14H19FN2O3.ClH/c15-11-3-1-10(2-4-11)12(18)9-17-13(19)14(16)5-7-20-8-6-14;/h1-4,12,18H,5-9,16H2,(H,17,19);1H. The molecule has 1 aromatic carbocycles. The number of rotatable bonds is 4. The fourth-order valence-electron chi connectivity index (χ4n) is 2.13. The van der Waals surface area contributed by atoms with Crippen molar-refractivity contribution in [2.75, 3.05) is 19.8 Å². The van der Waals surface area contributed by atoms with Crippen LogP contribution in [0.25, 0.3) is 0 Å². The third kappa shape index (κ3) is 4.64. The molecule has 1 saturated heterocycles. The van der Waals surface area contributed by atoms with Gasteiger partial charge in [-0.3, -0.25) is 4.79 Å². The minimum Gasteiger partial charge on any atom is -0.387 e. The molecule has 1 heterocycles. The molecule has 2 rings (SSSR count). The Balaban J connectivity index is 0.00000220. The van der Waals surface area contributed by atoms with Crippen molar-refractivity contribution in [1.29, 1.82) is 0 Å². The van der Waals surface area contributed by atoms with Gasteiger partial charge in [-0.25, -0.2) is 4.39 Å². The van der Waals surface area contributed by atoms with Crippen molar-refractivity contribution in [2.45, 2.75) is 24.5 Å². The highest BCUT2D eigenvalue weighted by atomic mass is 35.5. The van der Waals surface area contributed by atoms with Crippen LogP contribution in [-0.4, -0.2) is 36.3 Å². The number of carbonyl (C=O) groups is 1. The summed E-state index contributed by atoms with van der Waals surface area (Å²) in [5.74, 6) is -0.657. The molecule has 1 unspecified atom stereocenters. The highest BCUT2D eigenvalue weighted by molar-refractivity contribution is 5.86. The van der Waals surface area contributed by atoms with Crippen LogP contribution in [0.1, 0.15) is 24.5 Å². The van der Waals surface area contributed by atoms with Crippen LogP contribution in [0.3, 0.4) is 0 Å². The molecule has 0 aromatic heterocycles. The molecule has 0 saturated carbocycles. The van der Waals surface area contributed by atoms with Crippen molar-refractivity contribution in [3.63, 3.8) is 0 Å². The third-order valence-corrected chi connectivity index (χ3v) is 3.55. The molecule has 1 amide bonds. The van der Waals surface area contributed by atoms with Crippen molar-refractivity contribution < 1.29 is 19.0 Å². The number of ether oxygens (including phenoxy) is 1. The van der Waals surface area contributed by atoms with Crippen LogP contribution in [0.15, 0.2) is 24.3 Å². The van der Waals surface area contributed by atoms with E-state index in [0.29, 0.717) is 31.6 Å². The lowest BCUT2D eigenvalue weighted by Crippen LogP contribution is -2.57. The SMILES string of the molecule is Cl.NC1(C(=O)NCC(O)c2ccc(F)cc2)CCOCC1. The summed E-state index contributed by atoms with van der Waals surface area (Å²) in [6.07, 6.45) is 0.0414. The third-order valence-electron chi connectivity index (χ3n) is 3.55. The lowest BCUT2D eigenvalue weighted by molar-refractivity contribution is -0.130. The topological polar surface area (TPSA) is 84.6 Å². The average Bonchev–Trinajstić information content (AvgIpc) is 2.46. The molecule has 7 heteroatoms. The van der Waals surface area contributed by atoms with Gasteiger partial charge < -0.3 is 20.9 Å². The molecule has 1 fully saturated rings. The average molecular weight is 319 g/mol. The summed E-state index contributed by atoms with van der Waals surface area (Å²) < 4.78 is 18.0. The predicted octanol–water partition coefficient (Wildman–Crippen LogP) is 0.905. The second kappa shape index (κ2) is 7.70. The number of halogens is 2. The first kappa shape index (κ1) is 17.8. The Kier molecular flexibility index (Phi) is 6.54. The number of aliphatic hydroxyl groups excluding tert-OH is 1. The largest absolute Gasteiger partial charge is 0.387 e. The van der Waals surface area contributed by atoms with Crippen LogP contribution >= 0.6 is 12.4 Å². The van der Waals surface area contributed by atoms with Gasteiger partial charge in [-0.1, -0.05) is 12.1 Å². The van der Waals surface area contributed by atoms with E-state index in [-0.39, 0.29) is 30.7 Å². The molecule has 0 bridgehead atoms. The first-order valence-electron chi connectivity index (χ1n) is 6.60. The van der Waals surface area contributed by atoms with E-state index in [1.54, 1.807) is 0 Å². The summed E-state index contributed by atoms with van der Waals surface area (Å²) in [6, 6.07) is 5.50. The lowest BCUT2D eigenvalue weighted by atomic mass is 9.90. The molecule has 0 radical (unpaired) electrons. The summed E-state index contributed by atoms with van der Waals surface area (Å²) >= 11 is 0. The van der Waals surface area contributed by atoms with Crippen LogP contribution in [0, 0.1) is 5.82 Å². The van der Waals surface area contributed by atoms with Crippen LogP contribution in [0.2, 0.25) is 0 Å². The summed E-state index contributed by atoms with van der Waals surface area (Å²) in [5, 5.41) is 12.6. The maximum atomic E-state index is 12.8. The van der Waals surface area contributed by atoms with Gasteiger partial charge in [0.05, 0.1) is 11.6 Å². The minimum atomic E-state index is -0.930. The van der Waals surface area contributed by atoms with Gasteiger partial charge in [-0.05, 0) is 30.5 Å². The number of nitrogens with one attached hydrogen (secondary N) is 1. The fourth-order valence-corrected chi connectivity index (χ4v) is 2.13. The highest BCUT2D eigenvalue weighted by Gasteiger charge is 2.35. The molecule has 1 aliphatic rings. The number of aliphatic hydroxyl groups is 1. The molecule has 21 heavy (non-hydrogen) atoms. The summed E-state index contributed by atoms with van der Waals surface area (Å²) in [7, 11) is 0. The van der Waals surface area contributed by atoms with E-state index in [1.165, 1.54) is 24.3 Å². The Morgan fingerprint density at radius 1 is 1.38 bits per heavy atom. The first-order valence-corrected chi connectivity index (χ1v) is 6.60. The van der Waals surface area contributed by atoms with Crippen molar-refractivity contribution in [3.8, 4) is 0 Å². The Morgan fingerprint density at radius 2 is 1.95 bits per heavy atom. The summed E-state index contributed by atoms with van der Waals surface area (Å²) in [6.45, 7) is 0.971. The number of hydrogen-bond acceptors (Lipinski definition) is 4. The van der Waals surface area contributed by atoms with Crippen LogP contribution in [0.5, 0.6) is 0 Å². The van der Waals surface area contributed by atoms with Gasteiger partial charge in [-0.2, -0.15) is 0 Å². The Labute approximate surface area is 129 Å². The number of nitrogens with two attached hydrogens (primary N) is 1. The van der Waals surface area contributed by atoms with Crippen molar-refractivity contribution in [1.82, 2.24) is 5.32 Å². The summed E-state index contributed by atoms with van der Waals surface area (Å²) in [4.78, 5) is 12.0. The number of carbonyl (C=O) groups excluding carboxylic acids is 1. The maximum Gasteiger partial charge on any atom is 0.240 e. The van der Waals surface area contributed by atoms with Gasteiger partial charge in [0.25, 0.3) is 0 Å². The Hall–Kier alpha value is -1.21. The quantitative estimate of drug-likeness (QED) is 0.770. The Morgan fingerprint density at radius 3 is 2.52 bits per heavy atom. The molecule has 0 aliphatic carbocycles. The zero-order valence-electron chi connectivity index (χ0n) is 11.5. The molecule has 5 nitrogen and oxygen atoms in total. The normalized spacial score (nSPS) is 18.4. The van der Waals surface area contributed by atoms with E-state index in [4.69, 9.17) is 10.5 Å². The minimum absolute atomic E-state index is 0. The second-order valence-corrected chi connectivity index (χ2v) is 5.05. The van der Waals surface area contributed by atoms with Gasteiger partial charge in [0, 0.05) is 19.8 Å². The van der Waals surface area contributed by atoms with Gasteiger partial charge in [0.1, 0.15) is 5.82 Å². The molecular formula is C14H20ClFN2O3. The Bertz CT molecular complexity index is 464. The van der Waals surface area contributed by atoms with E-state index in [1.807, 2.05) is 0 Å². The van der Waals surface area contributed by atoms with E-state index >= 15 is 0 Å². The second-order valence-electron chi connectivity index (χ2n) is 5.05. The van der Waals surface area contributed by atoms with E-state index < -0.39 is 11.6 Å². The molecule has 1 aliphatic heterocycles. The van der Waals surface area contributed by atoms with E-state index in [9.17, 15) is 14.3 Å². The zero-order valence-corrected chi connectivity index (χ0v) is 12.4. The molecule has 1 aromatic rings. The summed E-state index contributed by atoms with van der Waals surface area (Å²) in [5.41, 5.74) is 5.64. The van der Waals surface area contributed by atoms with Gasteiger partial charge in [-0.15, -0.1) is 12.4 Å².